The van der Waals surface area contributed by atoms with Gasteiger partial charge in [0.05, 0.1) is 25.9 Å². The van der Waals surface area contributed by atoms with Gasteiger partial charge in [-0.15, -0.1) is 11.3 Å². The predicted octanol–water partition coefficient (Wildman–Crippen LogP) is 3.65. The minimum absolute atomic E-state index is 0.0915. The number of thiophene rings is 1. The lowest BCUT2D eigenvalue weighted by Gasteiger charge is -2.25. The number of aryl methyl sites for hydroxylation is 1. The van der Waals surface area contributed by atoms with Gasteiger partial charge in [0.25, 0.3) is 5.91 Å². The predicted molar refractivity (Wildman–Crippen MR) is 123 cm³/mol. The van der Waals surface area contributed by atoms with Gasteiger partial charge in [-0.1, -0.05) is 18.2 Å². The molecule has 2 aromatic heterocycles. The summed E-state index contributed by atoms with van der Waals surface area (Å²) < 4.78 is 5.44. The van der Waals surface area contributed by atoms with Crippen LogP contribution in [0.4, 0.5) is 0 Å². The minimum atomic E-state index is -0.688. The quantitative estimate of drug-likeness (QED) is 0.553. The van der Waals surface area contributed by atoms with E-state index in [4.69, 9.17) is 4.42 Å². The van der Waals surface area contributed by atoms with E-state index in [1.165, 1.54) is 4.88 Å². The number of nitrogens with zero attached hydrogens (tertiary/aromatic N) is 2. The SMILES string of the molecule is Cc1ccc(CN(Cc2ccco2)C(=O)CNC(=O)C2c3ccccc3C(=O)N2C2CC2)s1. The molecule has 0 spiro atoms. The van der Waals surface area contributed by atoms with Crippen molar-refractivity contribution in [3.05, 3.63) is 81.4 Å². The van der Waals surface area contributed by atoms with Crippen molar-refractivity contribution in [2.45, 2.75) is 44.9 Å². The largest absolute Gasteiger partial charge is 0.467 e. The monoisotopic (exact) mass is 463 g/mol. The molecule has 2 aliphatic rings. The molecule has 1 unspecified atom stereocenters. The Hall–Kier alpha value is -3.39. The number of hydrogen-bond acceptors (Lipinski definition) is 5. The molecule has 8 heteroatoms. The molecule has 5 rings (SSSR count). The third-order valence-electron chi connectivity index (χ3n) is 6.02. The second kappa shape index (κ2) is 8.86. The first-order valence-electron chi connectivity index (χ1n) is 11.1. The van der Waals surface area contributed by atoms with Gasteiger partial charge >= 0.3 is 0 Å². The Bertz CT molecular complexity index is 1180. The zero-order valence-electron chi connectivity index (χ0n) is 18.3. The molecule has 0 saturated heterocycles. The van der Waals surface area contributed by atoms with E-state index in [0.29, 0.717) is 30.0 Å². The lowest BCUT2D eigenvalue weighted by molar-refractivity contribution is -0.135. The van der Waals surface area contributed by atoms with Gasteiger partial charge < -0.3 is 19.5 Å². The van der Waals surface area contributed by atoms with Crippen molar-refractivity contribution in [1.82, 2.24) is 15.1 Å². The third kappa shape index (κ3) is 4.43. The average Bonchev–Trinajstić information content (AvgIpc) is 3.21. The second-order valence-corrected chi connectivity index (χ2v) is 9.87. The van der Waals surface area contributed by atoms with E-state index in [2.05, 4.69) is 5.32 Å². The van der Waals surface area contributed by atoms with Gasteiger partial charge in [0.2, 0.25) is 11.8 Å². The summed E-state index contributed by atoms with van der Waals surface area (Å²) in [7, 11) is 0. The van der Waals surface area contributed by atoms with Crippen LogP contribution in [0.1, 0.15) is 50.3 Å². The van der Waals surface area contributed by atoms with E-state index in [1.54, 1.807) is 39.5 Å². The van der Waals surface area contributed by atoms with E-state index >= 15 is 0 Å². The molecule has 1 fully saturated rings. The van der Waals surface area contributed by atoms with Crippen molar-refractivity contribution in [1.29, 1.82) is 0 Å². The molecule has 33 heavy (non-hydrogen) atoms. The highest BCUT2D eigenvalue weighted by molar-refractivity contribution is 7.11. The number of furan rings is 1. The maximum absolute atomic E-state index is 13.2. The van der Waals surface area contributed by atoms with Crippen molar-refractivity contribution in [2.75, 3.05) is 6.54 Å². The maximum Gasteiger partial charge on any atom is 0.255 e. The number of rotatable bonds is 8. The van der Waals surface area contributed by atoms with Crippen molar-refractivity contribution in [3.63, 3.8) is 0 Å². The number of hydrogen-bond donors (Lipinski definition) is 1. The molecular formula is C25H25N3O4S. The molecule has 3 aromatic rings. The van der Waals surface area contributed by atoms with Gasteiger partial charge in [0, 0.05) is 21.4 Å². The molecule has 1 aromatic carbocycles. The summed E-state index contributed by atoms with van der Waals surface area (Å²) in [6.07, 6.45) is 3.38. The molecule has 3 heterocycles. The third-order valence-corrected chi connectivity index (χ3v) is 7.01. The van der Waals surface area contributed by atoms with Crippen LogP contribution in [0.2, 0.25) is 0 Å². The van der Waals surface area contributed by atoms with E-state index < -0.39 is 6.04 Å². The van der Waals surface area contributed by atoms with Crippen LogP contribution >= 0.6 is 11.3 Å². The first kappa shape index (κ1) is 21.5. The Labute approximate surface area is 196 Å². The van der Waals surface area contributed by atoms with Gasteiger partial charge in [0.15, 0.2) is 0 Å². The Balaban J connectivity index is 1.29. The summed E-state index contributed by atoms with van der Waals surface area (Å²) in [5, 5.41) is 2.80. The van der Waals surface area contributed by atoms with Crippen LogP contribution in [-0.2, 0) is 22.7 Å². The van der Waals surface area contributed by atoms with Crippen molar-refractivity contribution >= 4 is 29.1 Å². The molecule has 1 saturated carbocycles. The summed E-state index contributed by atoms with van der Waals surface area (Å²) >= 11 is 1.64. The van der Waals surface area contributed by atoms with Crippen LogP contribution in [0.15, 0.2) is 59.2 Å². The van der Waals surface area contributed by atoms with Crippen LogP contribution in [0.5, 0.6) is 0 Å². The molecule has 0 radical (unpaired) electrons. The summed E-state index contributed by atoms with van der Waals surface area (Å²) in [4.78, 5) is 44.8. The Kier molecular flexibility index (Phi) is 5.76. The molecule has 1 aliphatic heterocycles. The van der Waals surface area contributed by atoms with E-state index in [1.807, 2.05) is 43.3 Å². The first-order chi connectivity index (χ1) is 16.0. The standard InChI is InChI=1S/C25H25N3O4S/c1-16-8-11-19(33-16)15-27(14-18-5-4-12-32-18)22(29)13-26-24(30)23-20-6-2-3-7-21(20)25(31)28(23)17-9-10-17/h2-8,11-12,17,23H,9-10,13-15H2,1H3,(H,26,30). The zero-order valence-corrected chi connectivity index (χ0v) is 19.1. The van der Waals surface area contributed by atoms with Crippen LogP contribution in [0.3, 0.4) is 0 Å². The molecule has 1 atom stereocenters. The lowest BCUT2D eigenvalue weighted by atomic mass is 10.0. The van der Waals surface area contributed by atoms with Crippen LogP contribution in [0, 0.1) is 6.92 Å². The number of amides is 3. The van der Waals surface area contributed by atoms with Gasteiger partial charge in [0.1, 0.15) is 11.8 Å². The number of carbonyl (C=O) groups excluding carboxylic acids is 3. The fraction of sp³-hybridized carbons (Fsp3) is 0.320. The van der Waals surface area contributed by atoms with E-state index in [0.717, 1.165) is 17.7 Å². The molecule has 170 valence electrons. The zero-order chi connectivity index (χ0) is 22.9. The fourth-order valence-electron chi connectivity index (χ4n) is 4.29. The Morgan fingerprint density at radius 2 is 1.94 bits per heavy atom. The van der Waals surface area contributed by atoms with Crippen molar-refractivity contribution < 1.29 is 18.8 Å². The van der Waals surface area contributed by atoms with Gasteiger partial charge in [-0.25, -0.2) is 0 Å². The van der Waals surface area contributed by atoms with Gasteiger partial charge in [-0.3, -0.25) is 14.4 Å². The van der Waals surface area contributed by atoms with Gasteiger partial charge in [-0.05, 0) is 55.7 Å². The normalized spacial score (nSPS) is 17.2. The van der Waals surface area contributed by atoms with E-state index in [9.17, 15) is 14.4 Å². The van der Waals surface area contributed by atoms with Crippen LogP contribution in [-0.4, -0.2) is 40.1 Å². The number of nitrogens with one attached hydrogen (secondary N) is 1. The smallest absolute Gasteiger partial charge is 0.255 e. The lowest BCUT2D eigenvalue weighted by Crippen LogP contribution is -2.44. The molecule has 7 nitrogen and oxygen atoms in total. The van der Waals surface area contributed by atoms with E-state index in [-0.39, 0.29) is 30.3 Å². The molecule has 3 amide bonds. The summed E-state index contributed by atoms with van der Waals surface area (Å²) in [5.74, 6) is 0.0464. The molecule has 0 bridgehead atoms. The van der Waals surface area contributed by atoms with Crippen LogP contribution in [0.25, 0.3) is 0 Å². The molecule has 1 N–H and O–H groups in total. The summed E-state index contributed by atoms with van der Waals surface area (Å²) in [5.41, 5.74) is 1.28. The first-order valence-corrected chi connectivity index (χ1v) is 11.9. The fourth-order valence-corrected chi connectivity index (χ4v) is 5.19. The van der Waals surface area contributed by atoms with Crippen molar-refractivity contribution in [3.8, 4) is 0 Å². The Morgan fingerprint density at radius 1 is 1.12 bits per heavy atom. The minimum Gasteiger partial charge on any atom is -0.467 e. The number of fused-ring (bicyclic) bond motifs is 1. The highest BCUT2D eigenvalue weighted by Crippen LogP contribution is 2.41. The second-order valence-electron chi connectivity index (χ2n) is 8.49. The maximum atomic E-state index is 13.2. The Morgan fingerprint density at radius 3 is 2.64 bits per heavy atom. The summed E-state index contributed by atoms with van der Waals surface area (Å²) in [6.45, 7) is 2.64. The van der Waals surface area contributed by atoms with Crippen LogP contribution < -0.4 is 5.32 Å². The highest BCUT2D eigenvalue weighted by atomic mass is 32.1. The number of carbonyl (C=O) groups is 3. The topological polar surface area (TPSA) is 82.9 Å². The van der Waals surface area contributed by atoms with Crippen molar-refractivity contribution in [2.24, 2.45) is 0 Å². The molecular weight excluding hydrogens is 438 g/mol. The highest BCUT2D eigenvalue weighted by Gasteiger charge is 2.47. The molecule has 1 aliphatic carbocycles. The van der Waals surface area contributed by atoms with Gasteiger partial charge in [-0.2, -0.15) is 0 Å². The average molecular weight is 464 g/mol. The number of benzene rings is 1. The summed E-state index contributed by atoms with van der Waals surface area (Å²) in [6, 6.07) is 14.3.